The third-order valence-corrected chi connectivity index (χ3v) is 6.35. The van der Waals surface area contributed by atoms with E-state index in [0.717, 1.165) is 60.5 Å². The Labute approximate surface area is 162 Å². The molecule has 1 aromatic carbocycles. The van der Waals surface area contributed by atoms with Crippen LogP contribution in [0.5, 0.6) is 5.75 Å². The molecule has 7 nitrogen and oxygen atoms in total. The first-order chi connectivity index (χ1) is 13.2. The molecule has 8 heteroatoms. The standard InChI is InChI=1S/C19H23N5O2S/c20-10-13(11-22-21)12-3-4-14-15(9-12)26-8-5-16-17(14)23-18(27-16)19(25)24-6-1-2-7-24/h3-4,9,11,18,21,23H,1-2,5-8,10,20H2/b13-11+,22-21?. The molecule has 4 N–H and O–H groups in total. The zero-order chi connectivity index (χ0) is 18.8. The molecular weight excluding hydrogens is 362 g/mol. The van der Waals surface area contributed by atoms with Gasteiger partial charge in [0.1, 0.15) is 5.75 Å². The number of ether oxygens (including phenoxy) is 1. The summed E-state index contributed by atoms with van der Waals surface area (Å²) >= 11 is 1.62. The Balaban J connectivity index is 1.60. The van der Waals surface area contributed by atoms with Crippen LogP contribution in [0.15, 0.2) is 34.4 Å². The van der Waals surface area contributed by atoms with E-state index in [4.69, 9.17) is 16.0 Å². The second kappa shape index (κ2) is 7.74. The summed E-state index contributed by atoms with van der Waals surface area (Å²) in [5.41, 5.74) is 16.5. The van der Waals surface area contributed by atoms with Gasteiger partial charge < -0.3 is 20.7 Å². The molecule has 0 aliphatic carbocycles. The summed E-state index contributed by atoms with van der Waals surface area (Å²) in [4.78, 5) is 15.9. The molecule has 27 heavy (non-hydrogen) atoms. The fourth-order valence-corrected chi connectivity index (χ4v) is 4.89. The van der Waals surface area contributed by atoms with Crippen molar-refractivity contribution in [1.29, 1.82) is 5.53 Å². The van der Waals surface area contributed by atoms with E-state index in [0.29, 0.717) is 13.2 Å². The van der Waals surface area contributed by atoms with Crippen molar-refractivity contribution in [3.63, 3.8) is 0 Å². The van der Waals surface area contributed by atoms with Crippen molar-refractivity contribution in [3.8, 4) is 5.75 Å². The molecule has 0 saturated carbocycles. The summed E-state index contributed by atoms with van der Waals surface area (Å²) in [7, 11) is 0. The molecule has 4 rings (SSSR count). The van der Waals surface area contributed by atoms with Gasteiger partial charge >= 0.3 is 0 Å². The molecule has 3 aliphatic rings. The monoisotopic (exact) mass is 385 g/mol. The molecule has 1 aromatic rings. The summed E-state index contributed by atoms with van der Waals surface area (Å²) < 4.78 is 5.96. The van der Waals surface area contributed by atoms with Crippen molar-refractivity contribution in [2.45, 2.75) is 24.6 Å². The van der Waals surface area contributed by atoms with Crippen molar-refractivity contribution in [3.05, 3.63) is 40.4 Å². The van der Waals surface area contributed by atoms with Crippen LogP contribution in [-0.2, 0) is 4.79 Å². The van der Waals surface area contributed by atoms with Crippen LogP contribution in [0.4, 0.5) is 0 Å². The number of hydrogen-bond acceptors (Lipinski definition) is 7. The number of nitrogens with zero attached hydrogens (tertiary/aromatic N) is 2. The Morgan fingerprint density at radius 3 is 3.00 bits per heavy atom. The molecule has 1 unspecified atom stereocenters. The van der Waals surface area contributed by atoms with Crippen LogP contribution in [0.25, 0.3) is 11.3 Å². The van der Waals surface area contributed by atoms with Gasteiger partial charge in [0.2, 0.25) is 0 Å². The number of amides is 1. The highest BCUT2D eigenvalue weighted by Crippen LogP contribution is 2.43. The minimum absolute atomic E-state index is 0.176. The van der Waals surface area contributed by atoms with Gasteiger partial charge in [-0.05, 0) is 36.1 Å². The van der Waals surface area contributed by atoms with Gasteiger partial charge in [0.25, 0.3) is 5.91 Å². The lowest BCUT2D eigenvalue weighted by Crippen LogP contribution is -2.40. The van der Waals surface area contributed by atoms with E-state index in [-0.39, 0.29) is 11.3 Å². The van der Waals surface area contributed by atoms with Gasteiger partial charge in [0, 0.05) is 36.5 Å². The van der Waals surface area contributed by atoms with E-state index in [1.165, 1.54) is 11.1 Å². The van der Waals surface area contributed by atoms with Crippen LogP contribution in [0.3, 0.4) is 0 Å². The Kier molecular flexibility index (Phi) is 5.18. The van der Waals surface area contributed by atoms with Crippen LogP contribution >= 0.6 is 11.8 Å². The lowest BCUT2D eigenvalue weighted by molar-refractivity contribution is -0.129. The second-order valence-electron chi connectivity index (χ2n) is 6.77. The van der Waals surface area contributed by atoms with Crippen molar-refractivity contribution in [2.24, 2.45) is 10.8 Å². The molecule has 142 valence electrons. The minimum atomic E-state index is -0.250. The molecule has 0 bridgehead atoms. The SMILES string of the molecule is N=N/C=C(\CN)c1ccc2c(c1)OCCC1=C2NC(C(=O)N2CCCC2)S1. The van der Waals surface area contributed by atoms with Gasteiger partial charge in [-0.25, -0.2) is 5.53 Å². The Morgan fingerprint density at radius 1 is 1.44 bits per heavy atom. The summed E-state index contributed by atoms with van der Waals surface area (Å²) in [6.45, 7) is 2.59. The van der Waals surface area contributed by atoms with Gasteiger partial charge in [-0.3, -0.25) is 4.79 Å². The smallest absolute Gasteiger partial charge is 0.255 e. The van der Waals surface area contributed by atoms with E-state index in [2.05, 4.69) is 10.4 Å². The summed E-state index contributed by atoms with van der Waals surface area (Å²) in [5, 5.41) is 6.52. The average molecular weight is 385 g/mol. The molecule has 0 radical (unpaired) electrons. The number of thioether (sulfide) groups is 1. The molecule has 1 saturated heterocycles. The normalized spacial score (nSPS) is 21.9. The molecule has 3 heterocycles. The highest BCUT2D eigenvalue weighted by atomic mass is 32.2. The van der Waals surface area contributed by atoms with Crippen molar-refractivity contribution >= 4 is 28.9 Å². The predicted octanol–water partition coefficient (Wildman–Crippen LogP) is 2.75. The summed E-state index contributed by atoms with van der Waals surface area (Å²) in [5.74, 6) is 0.944. The molecule has 1 amide bonds. The molecule has 1 fully saturated rings. The number of benzene rings is 1. The molecular formula is C19H23N5O2S. The highest BCUT2D eigenvalue weighted by Gasteiger charge is 2.35. The minimum Gasteiger partial charge on any atom is -0.492 e. The van der Waals surface area contributed by atoms with Crippen LogP contribution in [0.2, 0.25) is 0 Å². The summed E-state index contributed by atoms with van der Waals surface area (Å²) in [6, 6.07) is 5.90. The maximum absolute atomic E-state index is 12.8. The quantitative estimate of drug-likeness (QED) is 0.692. The topological polar surface area (TPSA) is 104 Å². The van der Waals surface area contributed by atoms with Gasteiger partial charge in [-0.15, -0.1) is 0 Å². The van der Waals surface area contributed by atoms with E-state index in [9.17, 15) is 4.79 Å². The Bertz CT molecular complexity index is 829. The first-order valence-electron chi connectivity index (χ1n) is 9.19. The number of nitrogens with two attached hydrogens (primary N) is 1. The van der Waals surface area contributed by atoms with Crippen molar-refractivity contribution in [2.75, 3.05) is 26.2 Å². The summed E-state index contributed by atoms with van der Waals surface area (Å²) in [6.07, 6.45) is 4.43. The highest BCUT2D eigenvalue weighted by molar-refractivity contribution is 8.04. The predicted molar refractivity (Wildman–Crippen MR) is 106 cm³/mol. The van der Waals surface area contributed by atoms with Crippen LogP contribution in [-0.4, -0.2) is 42.4 Å². The number of hydrogen-bond donors (Lipinski definition) is 3. The van der Waals surface area contributed by atoms with E-state index >= 15 is 0 Å². The fraction of sp³-hybridized carbons (Fsp3) is 0.421. The fourth-order valence-electron chi connectivity index (χ4n) is 3.69. The van der Waals surface area contributed by atoms with Crippen molar-refractivity contribution in [1.82, 2.24) is 10.2 Å². The van der Waals surface area contributed by atoms with E-state index in [1.54, 1.807) is 11.8 Å². The lowest BCUT2D eigenvalue weighted by atomic mass is 10.0. The lowest BCUT2D eigenvalue weighted by Gasteiger charge is -2.21. The number of carbonyl (C=O) groups excluding carboxylic acids is 1. The third kappa shape index (κ3) is 3.46. The van der Waals surface area contributed by atoms with Gasteiger partial charge in [-0.2, -0.15) is 5.11 Å². The van der Waals surface area contributed by atoms with Gasteiger partial charge in [0.15, 0.2) is 5.37 Å². The first kappa shape index (κ1) is 18.1. The third-order valence-electron chi connectivity index (χ3n) is 5.11. The number of carbonyl (C=O) groups is 1. The maximum atomic E-state index is 12.8. The molecule has 3 aliphatic heterocycles. The Hall–Kier alpha value is -2.32. The number of nitrogens with one attached hydrogen (secondary N) is 2. The Morgan fingerprint density at radius 2 is 2.26 bits per heavy atom. The van der Waals surface area contributed by atoms with Crippen LogP contribution in [0.1, 0.15) is 30.4 Å². The largest absolute Gasteiger partial charge is 0.492 e. The number of rotatable bonds is 4. The van der Waals surface area contributed by atoms with E-state index in [1.807, 2.05) is 23.1 Å². The van der Waals surface area contributed by atoms with Gasteiger partial charge in [0.05, 0.1) is 18.5 Å². The molecule has 0 spiro atoms. The van der Waals surface area contributed by atoms with Gasteiger partial charge in [-0.1, -0.05) is 17.8 Å². The number of likely N-dealkylation sites (tertiary alicyclic amines) is 1. The zero-order valence-corrected chi connectivity index (χ0v) is 15.8. The van der Waals surface area contributed by atoms with Crippen LogP contribution in [0, 0.1) is 5.53 Å². The second-order valence-corrected chi connectivity index (χ2v) is 7.97. The van der Waals surface area contributed by atoms with E-state index < -0.39 is 0 Å². The number of fused-ring (bicyclic) bond motifs is 2. The zero-order valence-electron chi connectivity index (χ0n) is 15.0. The molecule has 0 aromatic heterocycles. The van der Waals surface area contributed by atoms with Crippen LogP contribution < -0.4 is 15.8 Å². The molecule has 1 atom stereocenters. The first-order valence-corrected chi connectivity index (χ1v) is 10.1. The average Bonchev–Trinajstić information content (AvgIpc) is 3.33. The maximum Gasteiger partial charge on any atom is 0.255 e. The van der Waals surface area contributed by atoms with Crippen molar-refractivity contribution < 1.29 is 9.53 Å².